The number of aromatic amines is 1. The lowest BCUT2D eigenvalue weighted by Crippen LogP contribution is -2.44. The first-order chi connectivity index (χ1) is 14.1. The van der Waals surface area contributed by atoms with Crippen molar-refractivity contribution in [3.05, 3.63) is 30.1 Å². The summed E-state index contributed by atoms with van der Waals surface area (Å²) in [6, 6.07) is 4.15. The molecular weight excluding hydrogens is 368 g/mol. The van der Waals surface area contributed by atoms with Gasteiger partial charge in [0.15, 0.2) is 11.5 Å². The Morgan fingerprint density at radius 1 is 1.31 bits per heavy atom. The van der Waals surface area contributed by atoms with E-state index in [9.17, 15) is 5.11 Å². The fourth-order valence-electron chi connectivity index (χ4n) is 4.35. The van der Waals surface area contributed by atoms with Crippen molar-refractivity contribution in [1.82, 2.24) is 25.0 Å². The molecule has 4 heterocycles. The van der Waals surface area contributed by atoms with Crippen LogP contribution in [0.5, 0.6) is 0 Å². The van der Waals surface area contributed by atoms with Crippen LogP contribution in [0.4, 0.5) is 5.82 Å². The molecule has 0 spiro atoms. The number of H-pyrrole nitrogens is 1. The van der Waals surface area contributed by atoms with Crippen LogP contribution in [0, 0.1) is 0 Å². The molecule has 29 heavy (non-hydrogen) atoms. The molecular formula is C21H30N6O2. The van der Waals surface area contributed by atoms with Crippen LogP contribution in [0.2, 0.25) is 0 Å². The molecule has 8 nitrogen and oxygen atoms in total. The lowest BCUT2D eigenvalue weighted by molar-refractivity contribution is 0.0184. The summed E-state index contributed by atoms with van der Waals surface area (Å²) in [6.45, 7) is 8.48. The van der Waals surface area contributed by atoms with Gasteiger partial charge in [-0.25, -0.2) is 4.98 Å². The van der Waals surface area contributed by atoms with Crippen molar-refractivity contribution in [3.63, 3.8) is 0 Å². The molecule has 0 saturated carbocycles. The van der Waals surface area contributed by atoms with Gasteiger partial charge in [-0.2, -0.15) is 14.9 Å². The van der Waals surface area contributed by atoms with Crippen LogP contribution in [-0.2, 0) is 10.3 Å². The van der Waals surface area contributed by atoms with E-state index in [0.717, 1.165) is 47.6 Å². The van der Waals surface area contributed by atoms with Gasteiger partial charge in [0.25, 0.3) is 0 Å². The molecule has 0 amide bonds. The van der Waals surface area contributed by atoms with Gasteiger partial charge in [-0.3, -0.25) is 5.10 Å². The number of morpholine rings is 1. The van der Waals surface area contributed by atoms with E-state index in [-0.39, 0.29) is 6.04 Å². The predicted octanol–water partition coefficient (Wildman–Crippen LogP) is 3.16. The van der Waals surface area contributed by atoms with Crippen LogP contribution < -0.4 is 4.90 Å². The van der Waals surface area contributed by atoms with Gasteiger partial charge in [-0.1, -0.05) is 26.7 Å². The molecule has 1 aliphatic heterocycles. The Balaban J connectivity index is 1.93. The second-order valence-electron chi connectivity index (χ2n) is 7.91. The maximum absolute atomic E-state index is 11.7. The van der Waals surface area contributed by atoms with Gasteiger partial charge in [0.1, 0.15) is 5.82 Å². The van der Waals surface area contributed by atoms with Gasteiger partial charge in [-0.15, -0.1) is 0 Å². The summed E-state index contributed by atoms with van der Waals surface area (Å²) < 4.78 is 7.38. The number of nitrogens with one attached hydrogen (secondary N) is 1. The largest absolute Gasteiger partial charge is 0.385 e. The molecule has 156 valence electrons. The van der Waals surface area contributed by atoms with Crippen molar-refractivity contribution in [3.8, 4) is 5.82 Å². The monoisotopic (exact) mass is 398 g/mol. The third-order valence-electron chi connectivity index (χ3n) is 5.73. The molecule has 2 N–H and O–H groups in total. The van der Waals surface area contributed by atoms with Crippen molar-refractivity contribution in [2.75, 3.05) is 24.7 Å². The average molecular weight is 399 g/mol. The van der Waals surface area contributed by atoms with Crippen molar-refractivity contribution in [2.45, 2.75) is 58.1 Å². The summed E-state index contributed by atoms with van der Waals surface area (Å²) in [5.74, 6) is 1.61. The molecule has 0 aromatic carbocycles. The molecule has 0 bridgehead atoms. The molecule has 3 aromatic heterocycles. The molecule has 0 aliphatic carbocycles. The summed E-state index contributed by atoms with van der Waals surface area (Å²) in [7, 11) is 0. The molecule has 0 radical (unpaired) electrons. The Labute approximate surface area is 170 Å². The van der Waals surface area contributed by atoms with Crippen molar-refractivity contribution < 1.29 is 9.84 Å². The van der Waals surface area contributed by atoms with Gasteiger partial charge < -0.3 is 14.7 Å². The highest BCUT2D eigenvalue weighted by Gasteiger charge is 2.33. The summed E-state index contributed by atoms with van der Waals surface area (Å²) >= 11 is 0. The van der Waals surface area contributed by atoms with Crippen molar-refractivity contribution >= 4 is 16.9 Å². The number of rotatable bonds is 7. The van der Waals surface area contributed by atoms with Crippen LogP contribution >= 0.6 is 0 Å². The number of ether oxygens (including phenoxy) is 1. The normalized spacial score (nSPS) is 17.9. The number of nitrogens with zero attached hydrogens (tertiary/aromatic N) is 5. The lowest BCUT2D eigenvalue weighted by atomic mass is 9.84. The Morgan fingerprint density at radius 3 is 2.76 bits per heavy atom. The highest BCUT2D eigenvalue weighted by molar-refractivity contribution is 5.83. The topological polar surface area (TPSA) is 92.1 Å². The van der Waals surface area contributed by atoms with Crippen LogP contribution in [0.3, 0.4) is 0 Å². The molecule has 8 heteroatoms. The fourth-order valence-corrected chi connectivity index (χ4v) is 4.35. The minimum absolute atomic E-state index is 0.218. The van der Waals surface area contributed by atoms with Gasteiger partial charge >= 0.3 is 0 Å². The Hall–Kier alpha value is -2.45. The molecule has 1 unspecified atom stereocenters. The first-order valence-corrected chi connectivity index (χ1v) is 10.5. The number of anilines is 1. The number of fused-ring (bicyclic) bond motifs is 1. The Morgan fingerprint density at radius 2 is 2.10 bits per heavy atom. The number of hydrogen-bond acceptors (Lipinski definition) is 6. The van der Waals surface area contributed by atoms with Crippen LogP contribution in [-0.4, -0.2) is 55.9 Å². The van der Waals surface area contributed by atoms with E-state index in [4.69, 9.17) is 9.72 Å². The van der Waals surface area contributed by atoms with E-state index in [0.29, 0.717) is 26.1 Å². The Bertz CT molecular complexity index is 946. The van der Waals surface area contributed by atoms with E-state index >= 15 is 0 Å². The van der Waals surface area contributed by atoms with Crippen LogP contribution in [0.15, 0.2) is 24.5 Å². The third-order valence-corrected chi connectivity index (χ3v) is 5.73. The first-order valence-electron chi connectivity index (χ1n) is 10.5. The van der Waals surface area contributed by atoms with Gasteiger partial charge in [0.2, 0.25) is 0 Å². The zero-order valence-corrected chi connectivity index (χ0v) is 17.4. The second-order valence-corrected chi connectivity index (χ2v) is 7.91. The minimum Gasteiger partial charge on any atom is -0.385 e. The standard InChI is InChI=1S/C21H30N6O2/c1-4-7-21(28,8-5-2)17-12-19(26-10-11-29-14-15(26)3)24-20-16(17)13-23-27(20)18-6-9-22-25-18/h6,9,12-13,15,28H,4-5,7-8,10-11,14H2,1-3H3,(H,22,25). The summed E-state index contributed by atoms with van der Waals surface area (Å²) in [5, 5.41) is 24.1. The van der Waals surface area contributed by atoms with Crippen molar-refractivity contribution in [2.24, 2.45) is 0 Å². The van der Waals surface area contributed by atoms with Crippen LogP contribution in [0.25, 0.3) is 16.9 Å². The van der Waals surface area contributed by atoms with E-state index in [1.165, 1.54) is 0 Å². The molecule has 1 fully saturated rings. The van der Waals surface area contributed by atoms with E-state index in [1.807, 2.05) is 6.07 Å². The molecule has 1 aliphatic rings. The zero-order valence-electron chi connectivity index (χ0n) is 17.4. The highest BCUT2D eigenvalue weighted by atomic mass is 16.5. The molecule has 1 atom stereocenters. The molecule has 4 rings (SSSR count). The third kappa shape index (κ3) is 3.62. The van der Waals surface area contributed by atoms with Gasteiger partial charge in [0.05, 0.1) is 37.3 Å². The summed E-state index contributed by atoms with van der Waals surface area (Å²) in [6.07, 6.45) is 6.71. The van der Waals surface area contributed by atoms with Crippen molar-refractivity contribution in [1.29, 1.82) is 0 Å². The average Bonchev–Trinajstić information content (AvgIpc) is 3.37. The predicted molar refractivity (Wildman–Crippen MR) is 112 cm³/mol. The minimum atomic E-state index is -0.906. The van der Waals surface area contributed by atoms with Gasteiger partial charge in [-0.05, 0) is 31.4 Å². The quantitative estimate of drug-likeness (QED) is 0.635. The SMILES string of the molecule is CCCC(O)(CCC)c1cc(N2CCOCC2C)nc2c1cnn2-c1ccn[nH]1. The summed E-state index contributed by atoms with van der Waals surface area (Å²) in [4.78, 5) is 7.23. The maximum atomic E-state index is 11.7. The fraction of sp³-hybridized carbons (Fsp3) is 0.571. The van der Waals surface area contributed by atoms with E-state index in [2.05, 4.69) is 47.0 Å². The summed E-state index contributed by atoms with van der Waals surface area (Å²) in [5.41, 5.74) is 0.730. The number of hydrogen-bond donors (Lipinski definition) is 2. The second kappa shape index (κ2) is 8.12. The van der Waals surface area contributed by atoms with Crippen LogP contribution in [0.1, 0.15) is 52.0 Å². The molecule has 3 aromatic rings. The highest BCUT2D eigenvalue weighted by Crippen LogP contribution is 2.38. The first kappa shape index (κ1) is 19.8. The number of pyridine rings is 1. The van der Waals surface area contributed by atoms with Gasteiger partial charge in [0, 0.05) is 18.0 Å². The lowest BCUT2D eigenvalue weighted by Gasteiger charge is -2.36. The smallest absolute Gasteiger partial charge is 0.167 e. The maximum Gasteiger partial charge on any atom is 0.167 e. The molecule has 1 saturated heterocycles. The van der Waals surface area contributed by atoms with E-state index in [1.54, 1.807) is 17.1 Å². The van der Waals surface area contributed by atoms with E-state index < -0.39 is 5.60 Å². The Kier molecular flexibility index (Phi) is 5.56. The number of aliphatic hydroxyl groups is 1. The number of aromatic nitrogens is 5. The zero-order chi connectivity index (χ0) is 20.4.